The molecule has 5 heterocycles. The molecule has 0 saturated carbocycles. The quantitative estimate of drug-likeness (QED) is 0.269. The van der Waals surface area contributed by atoms with Gasteiger partial charge in [-0.3, -0.25) is 14.5 Å². The molecule has 1 fully saturated rings. The van der Waals surface area contributed by atoms with Gasteiger partial charge in [0.15, 0.2) is 11.5 Å². The molecule has 42 heavy (non-hydrogen) atoms. The first-order valence-electron chi connectivity index (χ1n) is 13.7. The fraction of sp³-hybridized carbons (Fsp3) is 0.121. The van der Waals surface area contributed by atoms with E-state index < -0.39 is 5.97 Å². The summed E-state index contributed by atoms with van der Waals surface area (Å²) in [6.07, 6.45) is 3.54. The van der Waals surface area contributed by atoms with Crippen molar-refractivity contribution in [1.29, 1.82) is 0 Å². The smallest absolute Gasteiger partial charge is 0.335 e. The number of imidazole rings is 1. The molecule has 7 rings (SSSR count). The second-order valence-electron chi connectivity index (χ2n) is 10.4. The van der Waals surface area contributed by atoms with Gasteiger partial charge in [0.2, 0.25) is 0 Å². The number of benzene rings is 2. The van der Waals surface area contributed by atoms with E-state index in [1.807, 2.05) is 77.5 Å². The predicted octanol–water partition coefficient (Wildman–Crippen LogP) is 5.42. The number of carboxylic acid groups (broad SMARTS) is 1. The van der Waals surface area contributed by atoms with Crippen LogP contribution >= 0.6 is 0 Å². The van der Waals surface area contributed by atoms with Gasteiger partial charge >= 0.3 is 5.97 Å². The Morgan fingerprint density at radius 1 is 0.881 bits per heavy atom. The molecule has 3 N–H and O–H groups in total. The van der Waals surface area contributed by atoms with Crippen molar-refractivity contribution < 1.29 is 9.90 Å². The highest BCUT2D eigenvalue weighted by molar-refractivity contribution is 5.87. The van der Waals surface area contributed by atoms with Gasteiger partial charge in [-0.1, -0.05) is 42.5 Å². The second kappa shape index (κ2) is 10.5. The minimum absolute atomic E-state index is 0.302. The third kappa shape index (κ3) is 4.76. The maximum absolute atomic E-state index is 11.1. The summed E-state index contributed by atoms with van der Waals surface area (Å²) in [4.78, 5) is 32.5. The van der Waals surface area contributed by atoms with Crippen molar-refractivity contribution in [2.45, 2.75) is 12.5 Å². The molecule has 1 aliphatic rings. The Bertz CT molecular complexity index is 1900. The van der Waals surface area contributed by atoms with Crippen LogP contribution in [0.4, 0.5) is 5.82 Å². The van der Waals surface area contributed by atoms with E-state index in [9.17, 15) is 4.79 Å². The summed E-state index contributed by atoms with van der Waals surface area (Å²) in [5, 5.41) is 9.12. The molecule has 4 aromatic heterocycles. The van der Waals surface area contributed by atoms with Crippen molar-refractivity contribution in [3.05, 3.63) is 120 Å². The summed E-state index contributed by atoms with van der Waals surface area (Å²) in [6, 6.07) is 29.0. The number of anilines is 1. The summed E-state index contributed by atoms with van der Waals surface area (Å²) in [6.45, 7) is 2.56. The number of pyridine rings is 3. The molecule has 206 valence electrons. The summed E-state index contributed by atoms with van der Waals surface area (Å²) in [5.41, 5.74) is 13.6. The van der Waals surface area contributed by atoms with E-state index in [0.29, 0.717) is 28.8 Å². The highest BCUT2D eigenvalue weighted by Crippen LogP contribution is 2.33. The van der Waals surface area contributed by atoms with Crippen molar-refractivity contribution in [1.82, 2.24) is 29.4 Å². The summed E-state index contributed by atoms with van der Waals surface area (Å²) in [5.74, 6) is 0.473. The monoisotopic (exact) mass is 553 g/mol. The van der Waals surface area contributed by atoms with E-state index in [1.165, 1.54) is 0 Å². The molecule has 1 aliphatic heterocycles. The van der Waals surface area contributed by atoms with Gasteiger partial charge in [-0.25, -0.2) is 19.7 Å². The van der Waals surface area contributed by atoms with Crippen molar-refractivity contribution in [2.24, 2.45) is 0 Å². The number of nitrogens with two attached hydrogens (primary N) is 1. The summed E-state index contributed by atoms with van der Waals surface area (Å²) >= 11 is 0. The van der Waals surface area contributed by atoms with Crippen LogP contribution in [0.2, 0.25) is 0 Å². The number of nitrogen functional groups attached to an aromatic ring is 1. The van der Waals surface area contributed by atoms with E-state index in [1.54, 1.807) is 18.3 Å². The molecule has 0 unspecified atom stereocenters. The van der Waals surface area contributed by atoms with Crippen molar-refractivity contribution in [3.63, 3.8) is 0 Å². The standard InChI is InChI=1S/C33H27N7O2/c34-30-26(7-4-16-35-30)31-38-29-15-14-28(22-5-2-1-3-6-22)37-32(29)40(31)25-12-13-27(36-17-25)24-19-39(20-24)18-21-8-10-23(11-9-21)33(41)42/h1-17,24H,18-20H2,(H2,34,35)(H,41,42). The lowest BCUT2D eigenvalue weighted by molar-refractivity contribution is 0.0697. The number of fused-ring (bicyclic) bond motifs is 1. The summed E-state index contributed by atoms with van der Waals surface area (Å²) < 4.78 is 2.00. The van der Waals surface area contributed by atoms with Crippen molar-refractivity contribution >= 4 is 23.0 Å². The highest BCUT2D eigenvalue weighted by Gasteiger charge is 2.29. The number of hydrogen-bond donors (Lipinski definition) is 2. The molecule has 9 nitrogen and oxygen atoms in total. The Balaban J connectivity index is 1.18. The molecule has 6 aromatic rings. The molecule has 0 radical (unpaired) electrons. The van der Waals surface area contributed by atoms with E-state index in [4.69, 9.17) is 25.8 Å². The lowest BCUT2D eigenvalue weighted by Crippen LogP contribution is -2.44. The number of aromatic nitrogens is 5. The van der Waals surface area contributed by atoms with Crippen molar-refractivity contribution in [2.75, 3.05) is 18.8 Å². The average molecular weight is 554 g/mol. The van der Waals surface area contributed by atoms with Gasteiger partial charge in [0.05, 0.1) is 28.7 Å². The van der Waals surface area contributed by atoms with Crippen LogP contribution in [0.5, 0.6) is 0 Å². The van der Waals surface area contributed by atoms with E-state index in [-0.39, 0.29) is 0 Å². The molecular formula is C33H27N7O2. The number of rotatable bonds is 7. The van der Waals surface area contributed by atoms with Gasteiger partial charge in [0.25, 0.3) is 0 Å². The summed E-state index contributed by atoms with van der Waals surface area (Å²) in [7, 11) is 0. The van der Waals surface area contributed by atoms with E-state index in [2.05, 4.69) is 22.0 Å². The van der Waals surface area contributed by atoms with Gasteiger partial charge in [-0.15, -0.1) is 0 Å². The zero-order valence-corrected chi connectivity index (χ0v) is 22.6. The average Bonchev–Trinajstić information content (AvgIpc) is 3.38. The first kappa shape index (κ1) is 25.6. The number of nitrogens with zero attached hydrogens (tertiary/aromatic N) is 6. The second-order valence-corrected chi connectivity index (χ2v) is 10.4. The van der Waals surface area contributed by atoms with Gasteiger partial charge in [-0.05, 0) is 54.1 Å². The van der Waals surface area contributed by atoms with Crippen LogP contribution in [0.15, 0.2) is 103 Å². The SMILES string of the molecule is Nc1ncccc1-c1nc2ccc(-c3ccccc3)nc2n1-c1ccc(C2CN(Cc3ccc(C(=O)O)cc3)C2)nc1. The van der Waals surface area contributed by atoms with Gasteiger partial charge in [0, 0.05) is 43.0 Å². The molecule has 2 aromatic carbocycles. The van der Waals surface area contributed by atoms with Gasteiger partial charge < -0.3 is 10.8 Å². The molecule has 9 heteroatoms. The Hall–Kier alpha value is -5.41. The first-order chi connectivity index (χ1) is 20.5. The molecule has 0 spiro atoms. The number of hydrogen-bond acceptors (Lipinski definition) is 7. The number of aromatic carboxylic acids is 1. The maximum Gasteiger partial charge on any atom is 0.335 e. The fourth-order valence-electron chi connectivity index (χ4n) is 5.43. The zero-order chi connectivity index (χ0) is 28.6. The Labute approximate surface area is 242 Å². The van der Waals surface area contributed by atoms with Crippen LogP contribution < -0.4 is 5.73 Å². The third-order valence-electron chi connectivity index (χ3n) is 7.66. The van der Waals surface area contributed by atoms with Crippen LogP contribution in [0.3, 0.4) is 0 Å². The Morgan fingerprint density at radius 3 is 2.40 bits per heavy atom. The van der Waals surface area contributed by atoms with Crippen LogP contribution in [0.25, 0.3) is 39.5 Å². The zero-order valence-electron chi connectivity index (χ0n) is 22.6. The van der Waals surface area contributed by atoms with Crippen LogP contribution in [-0.4, -0.2) is 53.6 Å². The van der Waals surface area contributed by atoms with E-state index in [0.717, 1.165) is 58.9 Å². The molecule has 0 aliphatic carbocycles. The van der Waals surface area contributed by atoms with Gasteiger partial charge in [-0.2, -0.15) is 0 Å². The molecule has 0 bridgehead atoms. The topological polar surface area (TPSA) is 123 Å². The minimum atomic E-state index is -0.910. The van der Waals surface area contributed by atoms with Crippen molar-refractivity contribution in [3.8, 4) is 28.3 Å². The lowest BCUT2D eigenvalue weighted by Gasteiger charge is -2.39. The molecule has 1 saturated heterocycles. The van der Waals surface area contributed by atoms with Crippen LogP contribution in [-0.2, 0) is 6.54 Å². The number of carboxylic acids is 1. The van der Waals surface area contributed by atoms with Gasteiger partial charge in [0.1, 0.15) is 11.3 Å². The fourth-order valence-corrected chi connectivity index (χ4v) is 5.43. The lowest BCUT2D eigenvalue weighted by atomic mass is 9.95. The Morgan fingerprint density at radius 2 is 1.69 bits per heavy atom. The number of carbonyl (C=O) groups is 1. The predicted molar refractivity (Wildman–Crippen MR) is 161 cm³/mol. The first-order valence-corrected chi connectivity index (χ1v) is 13.7. The maximum atomic E-state index is 11.1. The molecule has 0 atom stereocenters. The highest BCUT2D eigenvalue weighted by atomic mass is 16.4. The van der Waals surface area contributed by atoms with Crippen LogP contribution in [0, 0.1) is 0 Å². The van der Waals surface area contributed by atoms with Crippen LogP contribution in [0.1, 0.15) is 27.5 Å². The Kier molecular flexibility index (Phi) is 6.41. The largest absolute Gasteiger partial charge is 0.478 e. The number of likely N-dealkylation sites (tertiary alicyclic amines) is 1. The third-order valence-corrected chi connectivity index (χ3v) is 7.66. The minimum Gasteiger partial charge on any atom is -0.478 e. The molecule has 0 amide bonds. The van der Waals surface area contributed by atoms with E-state index >= 15 is 0 Å². The normalized spacial score (nSPS) is 13.7. The molecular weight excluding hydrogens is 526 g/mol.